The number of anilines is 2. The Morgan fingerprint density at radius 2 is 0.420 bits per heavy atom. The minimum atomic E-state index is -0.419. The Balaban J connectivity index is 0.805. The van der Waals surface area contributed by atoms with Crippen LogP contribution in [0.4, 0.5) is 11.6 Å². The third kappa shape index (κ3) is 12.6. The summed E-state index contributed by atoms with van der Waals surface area (Å²) in [5.41, 5.74) is 19.1. The first-order valence-corrected chi connectivity index (χ1v) is 43.5. The van der Waals surface area contributed by atoms with Gasteiger partial charge in [-0.25, -0.2) is 24.9 Å². The second-order valence-corrected chi connectivity index (χ2v) is 32.7. The van der Waals surface area contributed by atoms with E-state index in [2.05, 4.69) is 138 Å². The Labute approximate surface area is 748 Å². The fourth-order valence-corrected chi connectivity index (χ4v) is 18.9. The summed E-state index contributed by atoms with van der Waals surface area (Å²) in [6.07, 6.45) is 2.85. The van der Waals surface area contributed by atoms with Crippen LogP contribution >= 0.6 is 0 Å². The second kappa shape index (κ2) is 30.3. The van der Waals surface area contributed by atoms with Crippen LogP contribution in [-0.4, -0.2) is 99.1 Å². The van der Waals surface area contributed by atoms with E-state index in [9.17, 15) is 0 Å². The molecule has 20 heteroatoms. The molecule has 2 aliphatic rings. The van der Waals surface area contributed by atoms with Gasteiger partial charge < -0.3 is 4.90 Å². The van der Waals surface area contributed by atoms with E-state index < -0.39 is 6.04 Å². The highest BCUT2D eigenvalue weighted by Gasteiger charge is 2.43. The fraction of sp³-hybridized carbons (Fsp3) is 0.0180. The fourth-order valence-electron chi connectivity index (χ4n) is 18.9. The first kappa shape index (κ1) is 74.3. The van der Waals surface area contributed by atoms with Crippen LogP contribution < -0.4 is 4.90 Å². The molecular weight excluding hydrogens is 1610 g/mol. The molecule has 1 aliphatic heterocycles. The van der Waals surface area contributed by atoms with Crippen molar-refractivity contribution in [2.75, 3.05) is 4.90 Å². The lowest BCUT2D eigenvalue weighted by Gasteiger charge is -2.29. The molecule has 612 valence electrons. The van der Waals surface area contributed by atoms with Gasteiger partial charge >= 0.3 is 0 Å². The number of hydrogen-bond acceptors (Lipinski definition) is 16. The average Bonchev–Trinajstić information content (AvgIpc) is 1.53. The van der Waals surface area contributed by atoms with Crippen LogP contribution in [0.5, 0.6) is 0 Å². The van der Waals surface area contributed by atoms with Gasteiger partial charge in [0, 0.05) is 105 Å². The molecule has 0 fully saturated rings. The Hall–Kier alpha value is -18.2. The molecule has 0 N–H and O–H groups in total. The van der Waals surface area contributed by atoms with Crippen LogP contribution in [0, 0.1) is 0 Å². The van der Waals surface area contributed by atoms with E-state index in [1.54, 1.807) is 0 Å². The summed E-state index contributed by atoms with van der Waals surface area (Å²) < 4.78 is 8.87. The van der Waals surface area contributed by atoms with Crippen molar-refractivity contribution >= 4 is 99.6 Å². The van der Waals surface area contributed by atoms with Gasteiger partial charge in [0.2, 0.25) is 29.7 Å². The molecule has 0 saturated carbocycles. The standard InChI is InChI=1S/C111H68N20/c1-11-35-67(36-12-1)97-112-98(68-37-13-2-14-38-68)118-107(117-97)127-87-57-33-31-55-77(87)79-59-91-81(61-89(79)127)83-63-95-85(65-93(83)129(91)109-121-101(71-43-19-5-20-44-71)114-102(122-109)72-45-21-6-22-46-72)86-66-94-84(64-96(86)131(95)111-125-105(75-51-27-9-28-52-75)116-106(126-111)76-53-29-10-30-54-76)82-62-90-80(60-92(82)130(94)110-123-103(73-47-23-7-24-48-73)115-104(124-110)74-49-25-8-26-50-74)78-56-32-34-58-88(78)128(90)108-119-99(69-39-15-3-16-40-69)113-100(120-108)70-41-17-4-18-42-70/h1-59,61-66,92H,60H2. The van der Waals surface area contributed by atoms with Crippen molar-refractivity contribution in [1.29, 1.82) is 0 Å². The molecule has 9 aromatic heterocycles. The Morgan fingerprint density at radius 3 is 0.725 bits per heavy atom. The lowest BCUT2D eigenvalue weighted by atomic mass is 9.89. The highest BCUT2D eigenvalue weighted by atomic mass is 15.3. The van der Waals surface area contributed by atoms with Crippen LogP contribution in [0.3, 0.4) is 0 Å². The van der Waals surface area contributed by atoms with E-state index in [0.29, 0.717) is 94.4 Å². The predicted molar refractivity (Wildman–Crippen MR) is 518 cm³/mol. The van der Waals surface area contributed by atoms with Gasteiger partial charge in [0.05, 0.1) is 56.0 Å². The van der Waals surface area contributed by atoms with Gasteiger partial charge in [-0.05, 0) is 65.7 Å². The molecular formula is C111H68N20. The van der Waals surface area contributed by atoms with Crippen LogP contribution in [0.1, 0.15) is 16.8 Å². The van der Waals surface area contributed by atoms with E-state index in [-0.39, 0.29) is 0 Å². The number of fused-ring (bicyclic) bond motifs is 15. The summed E-state index contributed by atoms with van der Waals surface area (Å²) >= 11 is 0. The first-order valence-electron chi connectivity index (χ1n) is 43.5. The maximum atomic E-state index is 5.70. The van der Waals surface area contributed by atoms with Gasteiger partial charge in [0.1, 0.15) is 0 Å². The Bertz CT molecular complexity index is 8430. The summed E-state index contributed by atoms with van der Waals surface area (Å²) in [4.78, 5) is 84.6. The molecule has 24 aromatic rings. The largest absolute Gasteiger partial charge is 0.302 e. The van der Waals surface area contributed by atoms with E-state index in [1.165, 1.54) is 0 Å². The predicted octanol–water partition coefficient (Wildman–Crippen LogP) is 24.1. The zero-order chi connectivity index (χ0) is 86.1. The van der Waals surface area contributed by atoms with Gasteiger partial charge in [0.15, 0.2) is 58.2 Å². The normalized spacial score (nSPS) is 13.0. The van der Waals surface area contributed by atoms with Crippen LogP contribution in [-0.2, 0) is 6.42 Å². The summed E-state index contributed by atoms with van der Waals surface area (Å²) in [6, 6.07) is 132. The van der Waals surface area contributed by atoms with Crippen molar-refractivity contribution < 1.29 is 0 Å². The SMILES string of the molecule is C1=C2c3cc4c(cc3N(c3nc(-c5ccccc5)nc(-c5ccccc5)n3)C2Cc2c1n(-c1nc(-c3ccccc3)nc(-c3ccccc3)n1)c1ccccc21)c1cc2c(cc1n4-c1nc(-c3ccccc3)nc(-c3ccccc3)n1)c1cc3c(cc1n2-c1nc(-c2ccccc2)nc(-c2ccccc2)n1)c1ccccc1n3-c1nc(-c2ccccc2)nc(-c2ccccc2)n1. The third-order valence-electron chi connectivity index (χ3n) is 25.0. The maximum Gasteiger partial charge on any atom is 0.238 e. The van der Waals surface area contributed by atoms with Crippen LogP contribution in [0.2, 0.25) is 0 Å². The van der Waals surface area contributed by atoms with E-state index >= 15 is 0 Å². The quantitative estimate of drug-likeness (QED) is 0.0932. The lowest BCUT2D eigenvalue weighted by Crippen LogP contribution is -2.32. The molecule has 20 nitrogen and oxygen atoms in total. The smallest absolute Gasteiger partial charge is 0.238 e. The molecule has 1 atom stereocenters. The van der Waals surface area contributed by atoms with Crippen LogP contribution in [0.25, 0.3) is 226 Å². The number of para-hydroxylation sites is 2. The molecule has 0 bridgehead atoms. The van der Waals surface area contributed by atoms with Gasteiger partial charge in [-0.3, -0.25) is 18.3 Å². The summed E-state index contributed by atoms with van der Waals surface area (Å²) in [6.45, 7) is 0. The van der Waals surface area contributed by atoms with E-state index in [0.717, 1.165) is 160 Å². The summed E-state index contributed by atoms with van der Waals surface area (Å²) in [5.74, 6) is 7.37. The Morgan fingerprint density at radius 1 is 0.191 bits per heavy atom. The molecule has 1 aliphatic carbocycles. The third-order valence-corrected chi connectivity index (χ3v) is 25.0. The van der Waals surface area contributed by atoms with Crippen molar-refractivity contribution in [3.63, 3.8) is 0 Å². The van der Waals surface area contributed by atoms with Crippen molar-refractivity contribution in [1.82, 2.24) is 93.0 Å². The topological polar surface area (TPSA) is 216 Å². The Kier molecular flexibility index (Phi) is 17.2. The van der Waals surface area contributed by atoms with E-state index in [1.807, 2.05) is 279 Å². The molecule has 0 radical (unpaired) electrons. The zero-order valence-corrected chi connectivity index (χ0v) is 69.8. The minimum absolute atomic E-state index is 0.390. The molecule has 0 amide bonds. The van der Waals surface area contributed by atoms with Crippen molar-refractivity contribution in [2.24, 2.45) is 0 Å². The minimum Gasteiger partial charge on any atom is -0.302 e. The van der Waals surface area contributed by atoms with Gasteiger partial charge in [0.25, 0.3) is 0 Å². The van der Waals surface area contributed by atoms with E-state index in [4.69, 9.17) is 74.8 Å². The molecule has 26 rings (SSSR count). The summed E-state index contributed by atoms with van der Waals surface area (Å²) in [7, 11) is 0. The van der Waals surface area contributed by atoms with Gasteiger partial charge in [-0.1, -0.05) is 340 Å². The number of hydrogen-bond donors (Lipinski definition) is 0. The molecule has 15 aromatic carbocycles. The van der Waals surface area contributed by atoms with Crippen molar-refractivity contribution in [3.05, 3.63) is 405 Å². The lowest BCUT2D eigenvalue weighted by molar-refractivity contribution is 0.778. The number of rotatable bonds is 15. The highest BCUT2D eigenvalue weighted by Crippen LogP contribution is 2.54. The van der Waals surface area contributed by atoms with Crippen LogP contribution in [0.15, 0.2) is 388 Å². The van der Waals surface area contributed by atoms with Crippen molar-refractivity contribution in [2.45, 2.75) is 12.5 Å². The molecule has 10 heterocycles. The second-order valence-electron chi connectivity index (χ2n) is 32.7. The average molecular weight is 1680 g/mol. The monoisotopic (exact) mass is 1680 g/mol. The van der Waals surface area contributed by atoms with Gasteiger partial charge in [-0.15, -0.1) is 0 Å². The van der Waals surface area contributed by atoms with Gasteiger partial charge in [-0.2, -0.15) is 49.8 Å². The molecule has 0 saturated heterocycles. The maximum absolute atomic E-state index is 5.70. The zero-order valence-electron chi connectivity index (χ0n) is 69.8. The molecule has 0 spiro atoms. The highest BCUT2D eigenvalue weighted by molar-refractivity contribution is 6.24. The first-order chi connectivity index (χ1) is 64.9. The number of benzene rings is 15. The summed E-state index contributed by atoms with van der Waals surface area (Å²) in [5, 5.41) is 6.45. The number of nitrogens with zero attached hydrogens (tertiary/aromatic N) is 20. The number of aromatic nitrogens is 19. The molecule has 1 unspecified atom stereocenters. The molecule has 131 heavy (non-hydrogen) atoms. The van der Waals surface area contributed by atoms with Crippen molar-refractivity contribution in [3.8, 4) is 138 Å².